The van der Waals surface area contributed by atoms with Gasteiger partial charge in [0, 0.05) is 24.7 Å². The van der Waals surface area contributed by atoms with Crippen molar-refractivity contribution >= 4 is 26.6 Å². The molecule has 0 bridgehead atoms. The highest BCUT2D eigenvalue weighted by Gasteiger charge is 2.24. The zero-order valence-corrected chi connectivity index (χ0v) is 13.6. The first-order valence-electron chi connectivity index (χ1n) is 7.63. The van der Waals surface area contributed by atoms with Gasteiger partial charge in [-0.1, -0.05) is 18.2 Å². The summed E-state index contributed by atoms with van der Waals surface area (Å²) in [5.41, 5.74) is 1.15. The van der Waals surface area contributed by atoms with Gasteiger partial charge < -0.3 is 9.88 Å². The molecule has 5 nitrogen and oxygen atoms in total. The monoisotopic (exact) mass is 345 g/mol. The summed E-state index contributed by atoms with van der Waals surface area (Å²) in [4.78, 5) is 0.193. The van der Waals surface area contributed by atoms with Crippen LogP contribution in [-0.2, 0) is 10.0 Å². The fraction of sp³-hybridized carbons (Fsp3) is 0.176. The smallest absolute Gasteiger partial charge is 0.261 e. The van der Waals surface area contributed by atoms with E-state index >= 15 is 0 Å². The third-order valence-electron chi connectivity index (χ3n) is 4.25. The number of rotatable bonds is 4. The summed E-state index contributed by atoms with van der Waals surface area (Å²) in [6, 6.07) is 12.8. The number of anilines is 1. The molecule has 4 rings (SSSR count). The predicted molar refractivity (Wildman–Crippen MR) is 91.1 cm³/mol. The molecule has 0 amide bonds. The minimum Gasteiger partial charge on any atom is -0.340 e. The number of nitrogens with zero attached hydrogens (tertiary/aromatic N) is 1. The van der Waals surface area contributed by atoms with E-state index in [1.807, 2.05) is 4.57 Å². The Labute approximate surface area is 139 Å². The van der Waals surface area contributed by atoms with E-state index in [0.717, 1.165) is 13.1 Å². The van der Waals surface area contributed by atoms with Crippen molar-refractivity contribution < 1.29 is 12.8 Å². The summed E-state index contributed by atoms with van der Waals surface area (Å²) < 4.78 is 43.3. The lowest BCUT2D eigenvalue weighted by molar-refractivity contribution is 0.352. The maximum atomic E-state index is 13.6. The molecule has 0 radical (unpaired) electrons. The Kier molecular flexibility index (Phi) is 3.54. The van der Waals surface area contributed by atoms with E-state index < -0.39 is 10.0 Å². The van der Waals surface area contributed by atoms with E-state index in [1.54, 1.807) is 30.5 Å². The number of hydrogen-bond donors (Lipinski definition) is 2. The quantitative estimate of drug-likeness (QED) is 0.764. The number of halogens is 1. The van der Waals surface area contributed by atoms with Gasteiger partial charge in [-0.05, 0) is 30.3 Å². The van der Waals surface area contributed by atoms with Crippen LogP contribution < -0.4 is 10.0 Å². The second-order valence-electron chi connectivity index (χ2n) is 5.84. The molecular formula is C17H16FN3O2S. The first-order chi connectivity index (χ1) is 11.5. The summed E-state index contributed by atoms with van der Waals surface area (Å²) >= 11 is 0. The summed E-state index contributed by atoms with van der Waals surface area (Å²) in [6.07, 6.45) is 1.75. The molecule has 0 unspecified atom stereocenters. The van der Waals surface area contributed by atoms with Crippen molar-refractivity contribution in [2.45, 2.75) is 10.9 Å². The van der Waals surface area contributed by atoms with Gasteiger partial charge in [-0.15, -0.1) is 0 Å². The molecule has 0 atom stereocenters. The van der Waals surface area contributed by atoms with Crippen LogP contribution in [0, 0.1) is 5.82 Å². The van der Waals surface area contributed by atoms with Crippen LogP contribution >= 0.6 is 0 Å². The molecule has 2 aromatic carbocycles. The highest BCUT2D eigenvalue weighted by atomic mass is 32.2. The molecule has 124 valence electrons. The van der Waals surface area contributed by atoms with Crippen molar-refractivity contribution in [1.29, 1.82) is 0 Å². The van der Waals surface area contributed by atoms with E-state index in [4.69, 9.17) is 0 Å². The lowest BCUT2D eigenvalue weighted by Gasteiger charge is -2.29. The van der Waals surface area contributed by atoms with Crippen molar-refractivity contribution in [3.63, 3.8) is 0 Å². The van der Waals surface area contributed by atoms with Crippen LogP contribution in [0.15, 0.2) is 59.6 Å². The Morgan fingerprint density at radius 3 is 2.54 bits per heavy atom. The molecule has 1 fully saturated rings. The second kappa shape index (κ2) is 5.61. The highest BCUT2D eigenvalue weighted by molar-refractivity contribution is 7.92. The largest absolute Gasteiger partial charge is 0.340 e. The molecule has 1 saturated heterocycles. The molecular weight excluding hydrogens is 329 g/mol. The molecule has 0 spiro atoms. The predicted octanol–water partition coefficient (Wildman–Crippen LogP) is 2.73. The first kappa shape index (κ1) is 15.2. The highest BCUT2D eigenvalue weighted by Crippen LogP contribution is 2.32. The molecule has 1 aliphatic rings. The second-order valence-corrected chi connectivity index (χ2v) is 7.52. The van der Waals surface area contributed by atoms with E-state index in [-0.39, 0.29) is 16.8 Å². The molecule has 2 N–H and O–H groups in total. The summed E-state index contributed by atoms with van der Waals surface area (Å²) in [5, 5.41) is 3.85. The van der Waals surface area contributed by atoms with Gasteiger partial charge in [0.1, 0.15) is 5.82 Å². The van der Waals surface area contributed by atoms with Crippen LogP contribution in [0.1, 0.15) is 6.04 Å². The van der Waals surface area contributed by atoms with E-state index in [1.165, 1.54) is 24.3 Å². The minimum atomic E-state index is -3.69. The van der Waals surface area contributed by atoms with Crippen LogP contribution in [0.4, 0.5) is 10.1 Å². The molecule has 0 saturated carbocycles. The Morgan fingerprint density at radius 2 is 1.88 bits per heavy atom. The molecule has 1 aliphatic heterocycles. The fourth-order valence-electron chi connectivity index (χ4n) is 2.88. The van der Waals surface area contributed by atoms with Gasteiger partial charge in [0.2, 0.25) is 0 Å². The molecule has 0 aliphatic carbocycles. The standard InChI is InChI=1S/C17H16FN3O2S/c18-12-6-7-15-16(11-21(17(15)8-12)13-9-19-10-13)20-24(22,23)14-4-2-1-3-5-14/h1-8,11,13,19-20H,9-10H2. The number of hydrogen-bond acceptors (Lipinski definition) is 3. The van der Waals surface area contributed by atoms with Crippen molar-refractivity contribution in [3.8, 4) is 0 Å². The maximum absolute atomic E-state index is 13.6. The minimum absolute atomic E-state index is 0.193. The van der Waals surface area contributed by atoms with Crippen molar-refractivity contribution in [2.24, 2.45) is 0 Å². The zero-order chi connectivity index (χ0) is 16.7. The SMILES string of the molecule is O=S(=O)(Nc1cn(C2CNC2)c2cc(F)ccc12)c1ccccc1. The Hall–Kier alpha value is -2.38. The molecule has 1 aromatic heterocycles. The Balaban J connectivity index is 1.80. The van der Waals surface area contributed by atoms with Crippen molar-refractivity contribution in [2.75, 3.05) is 17.8 Å². The van der Waals surface area contributed by atoms with E-state index in [9.17, 15) is 12.8 Å². The average Bonchev–Trinajstić information content (AvgIpc) is 2.84. The van der Waals surface area contributed by atoms with Crippen LogP contribution in [0.2, 0.25) is 0 Å². The Morgan fingerprint density at radius 1 is 1.12 bits per heavy atom. The number of fused-ring (bicyclic) bond motifs is 1. The van der Waals surface area contributed by atoms with E-state index in [0.29, 0.717) is 16.6 Å². The van der Waals surface area contributed by atoms with Gasteiger partial charge >= 0.3 is 0 Å². The van der Waals surface area contributed by atoms with E-state index in [2.05, 4.69) is 10.0 Å². The lowest BCUT2D eigenvalue weighted by atomic mass is 10.1. The fourth-order valence-corrected chi connectivity index (χ4v) is 3.97. The molecule has 24 heavy (non-hydrogen) atoms. The van der Waals surface area contributed by atoms with Crippen LogP contribution in [0.3, 0.4) is 0 Å². The van der Waals surface area contributed by atoms with Gasteiger partial charge in [0.05, 0.1) is 22.1 Å². The Bertz CT molecular complexity index is 995. The number of aromatic nitrogens is 1. The van der Waals surface area contributed by atoms with Gasteiger partial charge in [0.25, 0.3) is 10.0 Å². The van der Waals surface area contributed by atoms with Gasteiger partial charge in [-0.3, -0.25) is 4.72 Å². The average molecular weight is 345 g/mol. The molecule has 7 heteroatoms. The summed E-state index contributed by atoms with van der Waals surface area (Å²) in [5.74, 6) is -0.341. The van der Waals surface area contributed by atoms with Gasteiger partial charge in [-0.25, -0.2) is 12.8 Å². The van der Waals surface area contributed by atoms with Crippen molar-refractivity contribution in [3.05, 3.63) is 60.5 Å². The third kappa shape index (κ3) is 2.55. The number of nitrogens with one attached hydrogen (secondary N) is 2. The van der Waals surface area contributed by atoms with Crippen LogP contribution in [0.25, 0.3) is 10.9 Å². The number of benzene rings is 2. The zero-order valence-electron chi connectivity index (χ0n) is 12.7. The van der Waals surface area contributed by atoms with Gasteiger partial charge in [0.15, 0.2) is 0 Å². The van der Waals surface area contributed by atoms with Crippen molar-refractivity contribution in [1.82, 2.24) is 9.88 Å². The summed E-state index contributed by atoms with van der Waals surface area (Å²) in [7, 11) is -3.69. The first-order valence-corrected chi connectivity index (χ1v) is 9.11. The van der Waals surface area contributed by atoms with Crippen LogP contribution in [0.5, 0.6) is 0 Å². The normalized spacial score (nSPS) is 15.4. The van der Waals surface area contributed by atoms with Gasteiger partial charge in [-0.2, -0.15) is 0 Å². The third-order valence-corrected chi connectivity index (χ3v) is 5.63. The molecule has 2 heterocycles. The summed E-state index contributed by atoms with van der Waals surface area (Å²) in [6.45, 7) is 1.57. The number of sulfonamides is 1. The molecule has 3 aromatic rings. The van der Waals surface area contributed by atoms with Crippen LogP contribution in [-0.4, -0.2) is 26.1 Å². The topological polar surface area (TPSA) is 63.1 Å². The lowest BCUT2D eigenvalue weighted by Crippen LogP contribution is -2.43. The maximum Gasteiger partial charge on any atom is 0.261 e.